The minimum Gasteiger partial charge on any atom is -0.439 e. The zero-order chi connectivity index (χ0) is 18.5. The van der Waals surface area contributed by atoms with E-state index < -0.39 is 23.2 Å². The molecule has 2 heterocycles. The molecular weight excluding hydrogens is 350 g/mol. The standard InChI is InChI=1S/C16H12F2N4O4/c17-12-4-3-11(6-13(12)18)25-16-10(2-1-5-19-16)7-20-14(23)8-22-9-15(24)26-21-22/h1-6,9H,7-8H2,(H-,20,21,23,24)/p+1. The van der Waals surface area contributed by atoms with Crippen molar-refractivity contribution in [3.63, 3.8) is 0 Å². The largest absolute Gasteiger partial charge is 0.439 e. The SMILES string of the molecule is O=C(C[n+]1cc(=O)o[nH]1)NCc1cccnc1Oc1ccc(F)c(F)c1. The molecule has 2 N–H and O–H groups in total. The van der Waals surface area contributed by atoms with Crippen molar-refractivity contribution in [3.8, 4) is 11.6 Å². The second kappa shape index (κ2) is 7.55. The number of hydrogen-bond donors (Lipinski definition) is 2. The second-order valence-corrected chi connectivity index (χ2v) is 5.19. The number of H-pyrrole nitrogens is 1. The number of carbonyl (C=O) groups excluding carboxylic acids is 1. The van der Waals surface area contributed by atoms with E-state index in [1.807, 2.05) is 0 Å². The van der Waals surface area contributed by atoms with Crippen LogP contribution in [0.25, 0.3) is 0 Å². The number of pyridine rings is 1. The number of hydrogen-bond acceptors (Lipinski definition) is 5. The van der Waals surface area contributed by atoms with Crippen molar-refractivity contribution in [2.75, 3.05) is 0 Å². The van der Waals surface area contributed by atoms with Crippen LogP contribution < -0.4 is 20.4 Å². The Kier molecular flexibility index (Phi) is 5.02. The molecule has 134 valence electrons. The number of amides is 1. The molecule has 0 aliphatic rings. The molecule has 2 aromatic heterocycles. The highest BCUT2D eigenvalue weighted by Crippen LogP contribution is 2.24. The molecule has 0 bridgehead atoms. The Bertz CT molecular complexity index is 986. The van der Waals surface area contributed by atoms with Crippen molar-refractivity contribution in [1.29, 1.82) is 0 Å². The molecular formula is C16H13F2N4O4+. The number of carbonyl (C=O) groups is 1. The van der Waals surface area contributed by atoms with Gasteiger partial charge in [-0.3, -0.25) is 9.32 Å². The lowest BCUT2D eigenvalue weighted by Gasteiger charge is -2.10. The smallest absolute Gasteiger partial charge is 0.426 e. The number of aromatic nitrogens is 3. The van der Waals surface area contributed by atoms with Gasteiger partial charge in [-0.2, -0.15) is 0 Å². The summed E-state index contributed by atoms with van der Waals surface area (Å²) >= 11 is 0. The van der Waals surface area contributed by atoms with Gasteiger partial charge in [-0.05, 0) is 23.5 Å². The van der Waals surface area contributed by atoms with Crippen LogP contribution in [-0.4, -0.2) is 16.2 Å². The molecule has 3 aromatic rings. The first kappa shape index (κ1) is 17.3. The molecule has 0 aliphatic carbocycles. The number of benzene rings is 1. The van der Waals surface area contributed by atoms with E-state index >= 15 is 0 Å². The van der Waals surface area contributed by atoms with Crippen LogP contribution in [0.1, 0.15) is 5.56 Å². The van der Waals surface area contributed by atoms with Gasteiger partial charge in [0.1, 0.15) is 5.75 Å². The fourth-order valence-electron chi connectivity index (χ4n) is 2.07. The molecule has 0 aliphatic heterocycles. The molecule has 0 saturated carbocycles. The zero-order valence-corrected chi connectivity index (χ0v) is 13.2. The molecule has 0 fully saturated rings. The fraction of sp³-hybridized carbons (Fsp3) is 0.125. The normalized spacial score (nSPS) is 10.5. The summed E-state index contributed by atoms with van der Waals surface area (Å²) in [6.45, 7) is -0.0697. The van der Waals surface area contributed by atoms with Gasteiger partial charge in [-0.1, -0.05) is 10.7 Å². The Hall–Kier alpha value is -3.56. The minimum atomic E-state index is -1.04. The van der Waals surface area contributed by atoms with E-state index in [-0.39, 0.29) is 24.7 Å². The van der Waals surface area contributed by atoms with Gasteiger partial charge in [-0.25, -0.2) is 18.6 Å². The minimum absolute atomic E-state index is 0.0710. The van der Waals surface area contributed by atoms with E-state index in [2.05, 4.69) is 20.1 Å². The molecule has 1 amide bonds. The Balaban J connectivity index is 1.65. The molecule has 0 spiro atoms. The van der Waals surface area contributed by atoms with Crippen LogP contribution >= 0.6 is 0 Å². The quantitative estimate of drug-likeness (QED) is 0.637. The lowest BCUT2D eigenvalue weighted by molar-refractivity contribution is -0.751. The zero-order valence-electron chi connectivity index (χ0n) is 13.2. The van der Waals surface area contributed by atoms with Crippen molar-refractivity contribution in [2.45, 2.75) is 13.1 Å². The summed E-state index contributed by atoms with van der Waals surface area (Å²) in [4.78, 5) is 26.8. The topological polar surface area (TPSA) is 101 Å². The molecule has 0 saturated heterocycles. The molecule has 0 radical (unpaired) electrons. The first-order valence-electron chi connectivity index (χ1n) is 7.43. The number of nitrogens with zero attached hydrogens (tertiary/aromatic N) is 2. The van der Waals surface area contributed by atoms with E-state index in [9.17, 15) is 18.4 Å². The van der Waals surface area contributed by atoms with Gasteiger partial charge in [-0.15, -0.1) is 0 Å². The van der Waals surface area contributed by atoms with Crippen molar-refractivity contribution in [1.82, 2.24) is 15.6 Å². The maximum atomic E-state index is 13.3. The monoisotopic (exact) mass is 363 g/mol. The third kappa shape index (κ3) is 4.29. The van der Waals surface area contributed by atoms with Gasteiger partial charge >= 0.3 is 5.63 Å². The maximum Gasteiger partial charge on any atom is 0.426 e. The van der Waals surface area contributed by atoms with Crippen LogP contribution in [0.5, 0.6) is 11.6 Å². The number of halogens is 2. The Morgan fingerprint density at radius 1 is 1.31 bits per heavy atom. The third-order valence-corrected chi connectivity index (χ3v) is 3.27. The average Bonchev–Trinajstić information content (AvgIpc) is 3.02. The van der Waals surface area contributed by atoms with E-state index in [4.69, 9.17) is 4.74 Å². The summed E-state index contributed by atoms with van der Waals surface area (Å²) in [5.74, 6) is -2.21. The number of nitrogens with one attached hydrogen (secondary N) is 2. The molecule has 1 aromatic carbocycles. The van der Waals surface area contributed by atoms with Gasteiger partial charge in [0.05, 0.1) is 0 Å². The Morgan fingerprint density at radius 3 is 2.88 bits per heavy atom. The van der Waals surface area contributed by atoms with Gasteiger partial charge in [0, 0.05) is 24.4 Å². The molecule has 3 rings (SSSR count). The summed E-state index contributed by atoms with van der Waals surface area (Å²) in [7, 11) is 0. The first-order valence-corrected chi connectivity index (χ1v) is 7.43. The summed E-state index contributed by atoms with van der Waals surface area (Å²) in [6, 6.07) is 6.41. The predicted octanol–water partition coefficient (Wildman–Crippen LogP) is 1.04. The summed E-state index contributed by atoms with van der Waals surface area (Å²) < 4.78 is 37.3. The van der Waals surface area contributed by atoms with Crippen molar-refractivity contribution in [2.24, 2.45) is 0 Å². The summed E-state index contributed by atoms with van der Waals surface area (Å²) in [5.41, 5.74) is -0.0801. The van der Waals surface area contributed by atoms with Crippen LogP contribution in [0.2, 0.25) is 0 Å². The van der Waals surface area contributed by atoms with Crippen LogP contribution in [0.3, 0.4) is 0 Å². The summed E-state index contributed by atoms with van der Waals surface area (Å²) in [6.07, 6.45) is 2.56. The first-order chi connectivity index (χ1) is 12.5. The maximum absolute atomic E-state index is 13.3. The third-order valence-electron chi connectivity index (χ3n) is 3.27. The number of rotatable bonds is 6. The molecule has 26 heavy (non-hydrogen) atoms. The highest BCUT2D eigenvalue weighted by atomic mass is 19.2. The van der Waals surface area contributed by atoms with Crippen LogP contribution in [0.4, 0.5) is 8.78 Å². The van der Waals surface area contributed by atoms with E-state index in [0.717, 1.165) is 18.3 Å². The Labute approximate surface area is 145 Å². The van der Waals surface area contributed by atoms with Crippen molar-refractivity contribution in [3.05, 3.63) is 70.3 Å². The van der Waals surface area contributed by atoms with Crippen LogP contribution in [0.15, 0.2) is 52.0 Å². The van der Waals surface area contributed by atoms with Gasteiger partial charge in [0.2, 0.25) is 5.88 Å². The molecule has 10 heteroatoms. The van der Waals surface area contributed by atoms with E-state index in [1.54, 1.807) is 12.1 Å². The van der Waals surface area contributed by atoms with E-state index in [1.165, 1.54) is 16.9 Å². The predicted molar refractivity (Wildman–Crippen MR) is 82.0 cm³/mol. The van der Waals surface area contributed by atoms with Crippen molar-refractivity contribution >= 4 is 5.91 Å². The van der Waals surface area contributed by atoms with Crippen molar-refractivity contribution < 1.29 is 27.5 Å². The fourth-order valence-corrected chi connectivity index (χ4v) is 2.07. The number of ether oxygens (including phenoxy) is 1. The second-order valence-electron chi connectivity index (χ2n) is 5.19. The molecule has 0 atom stereocenters. The highest BCUT2D eigenvalue weighted by molar-refractivity contribution is 5.74. The van der Waals surface area contributed by atoms with Gasteiger partial charge < -0.3 is 10.1 Å². The molecule has 0 unspecified atom stereocenters. The van der Waals surface area contributed by atoms with Gasteiger partial charge in [0.15, 0.2) is 11.6 Å². The number of aromatic amines is 1. The lowest BCUT2D eigenvalue weighted by atomic mass is 10.2. The van der Waals surface area contributed by atoms with Gasteiger partial charge in [0.25, 0.3) is 18.6 Å². The van der Waals surface area contributed by atoms with Crippen LogP contribution in [-0.2, 0) is 17.9 Å². The average molecular weight is 363 g/mol. The van der Waals surface area contributed by atoms with Crippen LogP contribution in [0, 0.1) is 11.6 Å². The van der Waals surface area contributed by atoms with E-state index in [0.29, 0.717) is 5.56 Å². The lowest BCUT2D eigenvalue weighted by Crippen LogP contribution is -2.44. The molecule has 8 nitrogen and oxygen atoms in total. The highest BCUT2D eigenvalue weighted by Gasteiger charge is 2.14. The Morgan fingerprint density at radius 2 is 2.15 bits per heavy atom. The summed E-state index contributed by atoms with van der Waals surface area (Å²) in [5, 5.41) is 4.88.